The largest absolute Gasteiger partial charge is 0.380 e. The number of carbonyl (C=O) groups is 1. The van der Waals surface area contributed by atoms with E-state index in [9.17, 15) is 4.79 Å². The molecule has 0 aliphatic heterocycles. The molecule has 23 heavy (non-hydrogen) atoms. The number of amides is 2. The Morgan fingerprint density at radius 3 is 2.61 bits per heavy atom. The number of rotatable bonds is 7. The zero-order chi connectivity index (χ0) is 16.7. The van der Waals surface area contributed by atoms with Crippen LogP contribution in [0.3, 0.4) is 0 Å². The fourth-order valence-electron chi connectivity index (χ4n) is 2.26. The standard InChI is InChI=1S/C17H21ClN2O2S/c1-3-20(11-15-8-9-16(18)23-15)17(21)19-10-13-6-4-5-7-14(13)12-22-2/h4-9H,3,10-12H2,1-2H3,(H,19,21). The number of nitrogens with one attached hydrogen (secondary N) is 1. The van der Waals surface area contributed by atoms with Crippen LogP contribution in [0.25, 0.3) is 0 Å². The molecule has 1 heterocycles. The molecule has 0 saturated carbocycles. The minimum atomic E-state index is -0.0794. The molecule has 2 aromatic rings. The summed E-state index contributed by atoms with van der Waals surface area (Å²) < 4.78 is 5.93. The van der Waals surface area contributed by atoms with Gasteiger partial charge in [-0.15, -0.1) is 11.3 Å². The highest BCUT2D eigenvalue weighted by atomic mass is 35.5. The summed E-state index contributed by atoms with van der Waals surface area (Å²) in [6.45, 7) is 4.20. The Labute approximate surface area is 146 Å². The van der Waals surface area contributed by atoms with Gasteiger partial charge in [-0.05, 0) is 30.2 Å². The van der Waals surface area contributed by atoms with Crippen LogP contribution >= 0.6 is 22.9 Å². The number of carbonyl (C=O) groups excluding carboxylic acids is 1. The van der Waals surface area contributed by atoms with Crippen LogP contribution in [0, 0.1) is 0 Å². The van der Waals surface area contributed by atoms with E-state index in [4.69, 9.17) is 16.3 Å². The molecule has 0 atom stereocenters. The molecule has 2 amide bonds. The Balaban J connectivity index is 1.94. The number of benzene rings is 1. The fourth-order valence-corrected chi connectivity index (χ4v) is 3.36. The van der Waals surface area contributed by atoms with E-state index in [1.54, 1.807) is 12.0 Å². The molecule has 124 valence electrons. The number of hydrogen-bond donors (Lipinski definition) is 1. The van der Waals surface area contributed by atoms with Crippen LogP contribution < -0.4 is 5.32 Å². The van der Waals surface area contributed by atoms with Gasteiger partial charge in [-0.2, -0.15) is 0 Å². The van der Waals surface area contributed by atoms with Crippen molar-refractivity contribution in [1.29, 1.82) is 0 Å². The first kappa shape index (κ1) is 17.8. The molecular formula is C17H21ClN2O2S. The summed E-state index contributed by atoms with van der Waals surface area (Å²) in [5, 5.41) is 2.98. The Morgan fingerprint density at radius 2 is 2.00 bits per heavy atom. The number of hydrogen-bond acceptors (Lipinski definition) is 3. The number of ether oxygens (including phenoxy) is 1. The maximum atomic E-state index is 12.4. The lowest BCUT2D eigenvalue weighted by molar-refractivity contribution is 0.183. The summed E-state index contributed by atoms with van der Waals surface area (Å²) in [6.07, 6.45) is 0. The van der Waals surface area contributed by atoms with Crippen molar-refractivity contribution < 1.29 is 9.53 Å². The molecule has 2 rings (SSSR count). The van der Waals surface area contributed by atoms with Gasteiger partial charge >= 0.3 is 6.03 Å². The van der Waals surface area contributed by atoms with E-state index in [0.717, 1.165) is 20.3 Å². The second-order valence-electron chi connectivity index (χ2n) is 5.08. The van der Waals surface area contributed by atoms with E-state index in [1.807, 2.05) is 43.3 Å². The smallest absolute Gasteiger partial charge is 0.317 e. The summed E-state index contributed by atoms with van der Waals surface area (Å²) >= 11 is 7.44. The molecule has 1 N–H and O–H groups in total. The lowest BCUT2D eigenvalue weighted by atomic mass is 10.1. The Bertz CT molecular complexity index is 645. The normalized spacial score (nSPS) is 10.6. The van der Waals surface area contributed by atoms with Crippen LogP contribution in [0.5, 0.6) is 0 Å². The summed E-state index contributed by atoms with van der Waals surface area (Å²) in [4.78, 5) is 15.2. The number of urea groups is 1. The summed E-state index contributed by atoms with van der Waals surface area (Å²) in [5.41, 5.74) is 2.15. The molecule has 0 saturated heterocycles. The minimum absolute atomic E-state index is 0.0794. The SMILES string of the molecule is CCN(Cc1ccc(Cl)s1)C(=O)NCc1ccccc1COC. The van der Waals surface area contributed by atoms with Crippen LogP contribution in [0.1, 0.15) is 22.9 Å². The molecule has 0 fully saturated rings. The van der Waals surface area contributed by atoms with Crippen LogP contribution in [0.4, 0.5) is 4.79 Å². The lowest BCUT2D eigenvalue weighted by Gasteiger charge is -2.21. The fraction of sp³-hybridized carbons (Fsp3) is 0.353. The maximum absolute atomic E-state index is 12.4. The quantitative estimate of drug-likeness (QED) is 0.808. The average Bonchev–Trinajstić information content (AvgIpc) is 2.97. The van der Waals surface area contributed by atoms with Gasteiger partial charge in [0.05, 0.1) is 17.5 Å². The third kappa shape index (κ3) is 5.23. The highest BCUT2D eigenvalue weighted by Gasteiger charge is 2.13. The highest BCUT2D eigenvalue weighted by Crippen LogP contribution is 2.22. The Kier molecular flexibility index (Phi) is 6.89. The molecule has 0 unspecified atom stereocenters. The molecule has 4 nitrogen and oxygen atoms in total. The van der Waals surface area contributed by atoms with E-state index in [2.05, 4.69) is 5.32 Å². The molecule has 0 radical (unpaired) electrons. The monoisotopic (exact) mass is 352 g/mol. The van der Waals surface area contributed by atoms with Crippen molar-refractivity contribution in [3.8, 4) is 0 Å². The molecule has 0 aliphatic carbocycles. The number of nitrogens with zero attached hydrogens (tertiary/aromatic N) is 1. The predicted molar refractivity (Wildman–Crippen MR) is 94.8 cm³/mol. The number of thiophene rings is 1. The van der Waals surface area contributed by atoms with E-state index < -0.39 is 0 Å². The second kappa shape index (κ2) is 8.91. The molecular weight excluding hydrogens is 332 g/mol. The van der Waals surface area contributed by atoms with E-state index >= 15 is 0 Å². The van der Waals surface area contributed by atoms with E-state index in [1.165, 1.54) is 11.3 Å². The van der Waals surface area contributed by atoms with Gasteiger partial charge in [0.2, 0.25) is 0 Å². The van der Waals surface area contributed by atoms with Gasteiger partial charge < -0.3 is 15.0 Å². The predicted octanol–water partition coefficient (Wildman–Crippen LogP) is 4.28. The van der Waals surface area contributed by atoms with Crippen LogP contribution in [0.2, 0.25) is 4.34 Å². The van der Waals surface area contributed by atoms with Crippen LogP contribution in [-0.4, -0.2) is 24.6 Å². The topological polar surface area (TPSA) is 41.6 Å². The average molecular weight is 353 g/mol. The molecule has 1 aromatic carbocycles. The zero-order valence-corrected chi connectivity index (χ0v) is 14.9. The molecule has 0 spiro atoms. The third-order valence-electron chi connectivity index (χ3n) is 3.49. The van der Waals surface area contributed by atoms with Gasteiger partial charge in [0, 0.05) is 25.1 Å². The first-order valence-electron chi connectivity index (χ1n) is 7.46. The third-order valence-corrected chi connectivity index (χ3v) is 4.71. The van der Waals surface area contributed by atoms with Gasteiger partial charge in [0.1, 0.15) is 0 Å². The van der Waals surface area contributed by atoms with Crippen molar-refractivity contribution >= 4 is 29.0 Å². The summed E-state index contributed by atoms with van der Waals surface area (Å²) in [5.74, 6) is 0. The van der Waals surface area contributed by atoms with Crippen molar-refractivity contribution in [3.05, 3.63) is 56.7 Å². The van der Waals surface area contributed by atoms with Gasteiger partial charge in [-0.25, -0.2) is 4.79 Å². The molecule has 0 aliphatic rings. The van der Waals surface area contributed by atoms with Crippen LogP contribution in [0.15, 0.2) is 36.4 Å². The number of halogens is 1. The first-order valence-corrected chi connectivity index (χ1v) is 8.66. The van der Waals surface area contributed by atoms with Crippen molar-refractivity contribution in [2.24, 2.45) is 0 Å². The van der Waals surface area contributed by atoms with Gasteiger partial charge in [0.15, 0.2) is 0 Å². The van der Waals surface area contributed by atoms with Crippen molar-refractivity contribution in [2.75, 3.05) is 13.7 Å². The lowest BCUT2D eigenvalue weighted by Crippen LogP contribution is -2.39. The second-order valence-corrected chi connectivity index (χ2v) is 6.88. The van der Waals surface area contributed by atoms with Crippen molar-refractivity contribution in [3.63, 3.8) is 0 Å². The highest BCUT2D eigenvalue weighted by molar-refractivity contribution is 7.16. The van der Waals surface area contributed by atoms with Crippen molar-refractivity contribution in [1.82, 2.24) is 10.2 Å². The maximum Gasteiger partial charge on any atom is 0.317 e. The first-order chi connectivity index (χ1) is 11.1. The van der Waals surface area contributed by atoms with Crippen LogP contribution in [-0.2, 0) is 24.4 Å². The van der Waals surface area contributed by atoms with Gasteiger partial charge in [0.25, 0.3) is 0 Å². The number of methoxy groups -OCH3 is 1. The van der Waals surface area contributed by atoms with Gasteiger partial charge in [-0.3, -0.25) is 0 Å². The minimum Gasteiger partial charge on any atom is -0.380 e. The zero-order valence-electron chi connectivity index (χ0n) is 13.3. The van der Waals surface area contributed by atoms with Gasteiger partial charge in [-0.1, -0.05) is 35.9 Å². The summed E-state index contributed by atoms with van der Waals surface area (Å²) in [6, 6.07) is 11.7. The molecule has 1 aromatic heterocycles. The van der Waals surface area contributed by atoms with E-state index in [0.29, 0.717) is 26.2 Å². The Hall–Kier alpha value is -1.56. The van der Waals surface area contributed by atoms with E-state index in [-0.39, 0.29) is 6.03 Å². The molecule has 6 heteroatoms. The summed E-state index contributed by atoms with van der Waals surface area (Å²) in [7, 11) is 1.67. The molecule has 0 bridgehead atoms. The Morgan fingerprint density at radius 1 is 1.26 bits per heavy atom. The van der Waals surface area contributed by atoms with Crippen molar-refractivity contribution in [2.45, 2.75) is 26.6 Å².